The SMILES string of the molecule is COc1ccc(-c2c([C@@H]3C(=O)N(Cc4ccccc4)c4ccc(Cl)cc43)c3c(n2NC(=O)c2ccccn2)CC(C)(C)CC3=O)cc1. The van der Waals surface area contributed by atoms with E-state index < -0.39 is 11.8 Å². The summed E-state index contributed by atoms with van der Waals surface area (Å²) in [6.45, 7) is 4.43. The number of aromatic nitrogens is 2. The molecule has 1 atom stereocenters. The molecule has 2 amide bonds. The Labute approximate surface area is 277 Å². The number of rotatable bonds is 7. The zero-order valence-electron chi connectivity index (χ0n) is 26.3. The Morgan fingerprint density at radius 3 is 2.43 bits per heavy atom. The fraction of sp³-hybridized carbons (Fsp3) is 0.211. The zero-order chi connectivity index (χ0) is 32.9. The van der Waals surface area contributed by atoms with Crippen LogP contribution in [0, 0.1) is 5.41 Å². The maximum absolute atomic E-state index is 14.8. The highest BCUT2D eigenvalue weighted by molar-refractivity contribution is 6.31. The lowest BCUT2D eigenvalue weighted by molar-refractivity contribution is -0.118. The van der Waals surface area contributed by atoms with E-state index in [4.69, 9.17) is 16.3 Å². The maximum atomic E-state index is 14.8. The average Bonchev–Trinajstić information content (AvgIpc) is 3.51. The van der Waals surface area contributed by atoms with Gasteiger partial charge in [0, 0.05) is 40.0 Å². The second kappa shape index (κ2) is 11.9. The first-order valence-corrected chi connectivity index (χ1v) is 15.9. The minimum absolute atomic E-state index is 0.0789. The van der Waals surface area contributed by atoms with E-state index in [0.29, 0.717) is 63.8 Å². The van der Waals surface area contributed by atoms with E-state index in [1.807, 2.05) is 80.6 Å². The third-order valence-electron chi connectivity index (χ3n) is 8.92. The summed E-state index contributed by atoms with van der Waals surface area (Å²) in [5.74, 6) is -0.890. The molecule has 0 unspecified atom stereocenters. The topological polar surface area (TPSA) is 93.5 Å². The van der Waals surface area contributed by atoms with E-state index in [-0.39, 0.29) is 22.8 Å². The lowest BCUT2D eigenvalue weighted by Gasteiger charge is -2.30. The van der Waals surface area contributed by atoms with Crippen molar-refractivity contribution in [2.75, 3.05) is 17.4 Å². The standard InChI is InChI=1S/C38H33ClN4O4/c1-38(2)20-30-33(31(44)21-38)34(32-27-19-25(39)14-17-29(27)42(37(32)46)22-23-9-5-4-6-10-23)35(24-12-15-26(47-3)16-13-24)43(30)41-36(45)28-11-7-8-18-40-28/h4-19,32H,20-22H2,1-3H3,(H,41,45)/t32-/m1/s1. The predicted molar refractivity (Wildman–Crippen MR) is 182 cm³/mol. The Morgan fingerprint density at radius 2 is 1.72 bits per heavy atom. The highest BCUT2D eigenvalue weighted by Gasteiger charge is 2.46. The van der Waals surface area contributed by atoms with Gasteiger partial charge in [0.2, 0.25) is 5.91 Å². The van der Waals surface area contributed by atoms with Crippen molar-refractivity contribution in [1.29, 1.82) is 0 Å². The minimum Gasteiger partial charge on any atom is -0.497 e. The number of nitrogens with one attached hydrogen (secondary N) is 1. The molecule has 7 rings (SSSR count). The van der Waals surface area contributed by atoms with Crippen molar-refractivity contribution in [3.05, 3.63) is 136 Å². The van der Waals surface area contributed by atoms with E-state index in [0.717, 1.165) is 11.3 Å². The van der Waals surface area contributed by atoms with Gasteiger partial charge in [-0.15, -0.1) is 0 Å². The van der Waals surface area contributed by atoms with Crippen LogP contribution in [0.25, 0.3) is 11.3 Å². The number of fused-ring (bicyclic) bond motifs is 2. The Hall–Kier alpha value is -5.21. The molecule has 5 aromatic rings. The number of hydrogen-bond acceptors (Lipinski definition) is 5. The summed E-state index contributed by atoms with van der Waals surface area (Å²) in [5.41, 5.74) is 8.24. The molecule has 1 N–H and O–H groups in total. The number of Topliss-reactive ketones (excluding diaryl/α,β-unsaturated/α-hetero) is 1. The molecule has 0 saturated carbocycles. The molecule has 1 aliphatic carbocycles. The largest absolute Gasteiger partial charge is 0.497 e. The second-order valence-electron chi connectivity index (χ2n) is 12.8. The third-order valence-corrected chi connectivity index (χ3v) is 9.16. The highest BCUT2D eigenvalue weighted by Crippen LogP contribution is 2.51. The van der Waals surface area contributed by atoms with Crippen LogP contribution < -0.4 is 15.1 Å². The number of ketones is 1. The number of anilines is 1. The van der Waals surface area contributed by atoms with Gasteiger partial charge >= 0.3 is 0 Å². The molecule has 0 bridgehead atoms. The molecule has 0 fully saturated rings. The van der Waals surface area contributed by atoms with Gasteiger partial charge in [0.15, 0.2) is 5.78 Å². The summed E-state index contributed by atoms with van der Waals surface area (Å²) in [7, 11) is 1.59. The maximum Gasteiger partial charge on any atom is 0.288 e. The van der Waals surface area contributed by atoms with Gasteiger partial charge in [0.05, 0.1) is 31.0 Å². The average molecular weight is 645 g/mol. The summed E-state index contributed by atoms with van der Waals surface area (Å²) in [5, 5.41) is 0.485. The number of benzene rings is 3. The van der Waals surface area contributed by atoms with Crippen LogP contribution in [-0.4, -0.2) is 34.4 Å². The smallest absolute Gasteiger partial charge is 0.288 e. The number of amides is 2. The van der Waals surface area contributed by atoms with Gasteiger partial charge in [-0.25, -0.2) is 0 Å². The number of nitrogens with zero attached hydrogens (tertiary/aromatic N) is 3. The molecule has 0 spiro atoms. The first-order valence-electron chi connectivity index (χ1n) is 15.5. The molecule has 1 aliphatic heterocycles. The second-order valence-corrected chi connectivity index (χ2v) is 13.2. The van der Waals surface area contributed by atoms with E-state index in [9.17, 15) is 14.4 Å². The van der Waals surface area contributed by atoms with Crippen molar-refractivity contribution in [3.63, 3.8) is 0 Å². The number of pyridine rings is 1. The molecule has 3 heterocycles. The monoisotopic (exact) mass is 644 g/mol. The molecular weight excluding hydrogens is 612 g/mol. The number of ether oxygens (including phenoxy) is 1. The van der Waals surface area contributed by atoms with Gasteiger partial charge in [-0.2, -0.15) is 0 Å². The van der Waals surface area contributed by atoms with Gasteiger partial charge in [0.25, 0.3) is 5.91 Å². The number of carbonyl (C=O) groups excluding carboxylic acids is 3. The van der Waals surface area contributed by atoms with Crippen LogP contribution in [-0.2, 0) is 17.8 Å². The summed E-state index contributed by atoms with van der Waals surface area (Å²) in [6.07, 6.45) is 2.35. The molecule has 236 valence electrons. The Morgan fingerprint density at radius 1 is 0.979 bits per heavy atom. The number of halogens is 1. The van der Waals surface area contributed by atoms with E-state index in [1.54, 1.807) is 47.1 Å². The normalized spacial score (nSPS) is 16.5. The molecule has 8 nitrogen and oxygen atoms in total. The van der Waals surface area contributed by atoms with Crippen molar-refractivity contribution in [2.45, 2.75) is 39.2 Å². The Bertz CT molecular complexity index is 2020. The number of hydrogen-bond donors (Lipinski definition) is 1. The minimum atomic E-state index is -0.851. The van der Waals surface area contributed by atoms with Crippen molar-refractivity contribution < 1.29 is 19.1 Å². The third kappa shape index (κ3) is 5.48. The molecule has 2 aromatic heterocycles. The van der Waals surface area contributed by atoms with Crippen LogP contribution in [0.5, 0.6) is 5.75 Å². The quantitative estimate of drug-likeness (QED) is 0.199. The number of carbonyl (C=O) groups is 3. The van der Waals surface area contributed by atoms with Crippen molar-refractivity contribution in [2.24, 2.45) is 5.41 Å². The van der Waals surface area contributed by atoms with Crippen molar-refractivity contribution in [3.8, 4) is 17.0 Å². The van der Waals surface area contributed by atoms with Crippen molar-refractivity contribution in [1.82, 2.24) is 9.66 Å². The fourth-order valence-electron chi connectivity index (χ4n) is 6.87. The van der Waals surface area contributed by atoms with Crippen LogP contribution >= 0.6 is 11.6 Å². The summed E-state index contributed by atoms with van der Waals surface area (Å²) >= 11 is 6.59. The molecule has 47 heavy (non-hydrogen) atoms. The van der Waals surface area contributed by atoms with E-state index >= 15 is 0 Å². The van der Waals surface area contributed by atoms with Gasteiger partial charge < -0.3 is 9.64 Å². The van der Waals surface area contributed by atoms with Gasteiger partial charge in [0.1, 0.15) is 11.4 Å². The molecule has 3 aromatic carbocycles. The lowest BCUT2D eigenvalue weighted by atomic mass is 9.74. The fourth-order valence-corrected chi connectivity index (χ4v) is 7.05. The zero-order valence-corrected chi connectivity index (χ0v) is 27.0. The van der Waals surface area contributed by atoms with Gasteiger partial charge in [-0.05, 0) is 77.6 Å². The van der Waals surface area contributed by atoms with E-state index in [2.05, 4.69) is 10.4 Å². The Balaban J connectivity index is 1.50. The summed E-state index contributed by atoms with van der Waals surface area (Å²) in [6, 6.07) is 27.8. The van der Waals surface area contributed by atoms with Crippen molar-refractivity contribution >= 4 is 34.9 Å². The van der Waals surface area contributed by atoms with Gasteiger partial charge in [-0.1, -0.05) is 61.8 Å². The first-order chi connectivity index (χ1) is 22.6. The highest BCUT2D eigenvalue weighted by atomic mass is 35.5. The first kappa shape index (κ1) is 30.4. The van der Waals surface area contributed by atoms with Crippen LogP contribution in [0.1, 0.15) is 69.4 Å². The lowest BCUT2D eigenvalue weighted by Crippen LogP contribution is -2.32. The van der Waals surface area contributed by atoms with Crippen LogP contribution in [0.2, 0.25) is 5.02 Å². The molecular formula is C38H33ClN4O4. The van der Waals surface area contributed by atoms with Crippen LogP contribution in [0.3, 0.4) is 0 Å². The van der Waals surface area contributed by atoms with E-state index in [1.165, 1.54) is 0 Å². The molecule has 0 saturated heterocycles. The Kier molecular flexibility index (Phi) is 7.68. The molecule has 0 radical (unpaired) electrons. The van der Waals surface area contributed by atoms with Crippen LogP contribution in [0.15, 0.2) is 97.2 Å². The van der Waals surface area contributed by atoms with Crippen LogP contribution in [0.4, 0.5) is 5.69 Å². The predicted octanol–water partition coefficient (Wildman–Crippen LogP) is 7.43. The van der Waals surface area contributed by atoms with Gasteiger partial charge in [-0.3, -0.25) is 29.5 Å². The summed E-state index contributed by atoms with van der Waals surface area (Å²) < 4.78 is 7.15. The number of methoxy groups -OCH3 is 1. The molecule has 9 heteroatoms. The molecule has 2 aliphatic rings. The summed E-state index contributed by atoms with van der Waals surface area (Å²) in [4.78, 5) is 48.8.